The summed E-state index contributed by atoms with van der Waals surface area (Å²) in [6.45, 7) is 5.65. The van der Waals surface area contributed by atoms with Gasteiger partial charge < -0.3 is 9.64 Å². The molecule has 6 heteroatoms. The van der Waals surface area contributed by atoms with Gasteiger partial charge >= 0.3 is 0 Å². The minimum absolute atomic E-state index is 0.389. The van der Waals surface area contributed by atoms with Crippen molar-refractivity contribution in [3.8, 4) is 11.5 Å². The van der Waals surface area contributed by atoms with Crippen LogP contribution in [0.2, 0.25) is 6.32 Å². The van der Waals surface area contributed by atoms with Gasteiger partial charge in [-0.05, 0) is 28.8 Å². The van der Waals surface area contributed by atoms with E-state index in [2.05, 4.69) is 23.6 Å². The molecule has 0 saturated heterocycles. The van der Waals surface area contributed by atoms with Crippen LogP contribution in [0.4, 0.5) is 11.4 Å². The molecular formula is C22H21BN2O3. The second kappa shape index (κ2) is 8.04. The molecule has 1 heterocycles. The van der Waals surface area contributed by atoms with Gasteiger partial charge in [-0.2, -0.15) is 0 Å². The van der Waals surface area contributed by atoms with Crippen LogP contribution in [0, 0.1) is 0 Å². The van der Waals surface area contributed by atoms with E-state index >= 15 is 0 Å². The third-order valence-electron chi connectivity index (χ3n) is 4.70. The van der Waals surface area contributed by atoms with Crippen molar-refractivity contribution in [2.45, 2.75) is 6.32 Å². The van der Waals surface area contributed by atoms with Crippen molar-refractivity contribution in [3.63, 3.8) is 0 Å². The zero-order chi connectivity index (χ0) is 19.5. The van der Waals surface area contributed by atoms with Crippen molar-refractivity contribution < 1.29 is 14.5 Å². The molecule has 1 aliphatic rings. The first-order valence-corrected chi connectivity index (χ1v) is 9.24. The Labute approximate surface area is 165 Å². The maximum absolute atomic E-state index is 6.18. The number of hydrogen-bond donors (Lipinski definition) is 0. The van der Waals surface area contributed by atoms with Crippen LogP contribution in [-0.4, -0.2) is 34.7 Å². The Morgan fingerprint density at radius 3 is 2.64 bits per heavy atom. The van der Waals surface area contributed by atoms with Gasteiger partial charge in [0.2, 0.25) is 0 Å². The zero-order valence-corrected chi connectivity index (χ0v) is 15.9. The second-order valence-corrected chi connectivity index (χ2v) is 6.65. The van der Waals surface area contributed by atoms with Crippen molar-refractivity contribution >= 4 is 36.6 Å². The lowest BCUT2D eigenvalue weighted by Crippen LogP contribution is -2.23. The van der Waals surface area contributed by atoms with Gasteiger partial charge in [-0.25, -0.2) is 14.8 Å². The molecule has 0 N–H and O–H groups in total. The summed E-state index contributed by atoms with van der Waals surface area (Å²) in [6.07, 6.45) is 0.438. The molecule has 5 nitrogen and oxygen atoms in total. The van der Waals surface area contributed by atoms with Crippen molar-refractivity contribution in [2.75, 3.05) is 31.7 Å². The van der Waals surface area contributed by atoms with E-state index in [-0.39, 0.29) is 0 Å². The molecule has 28 heavy (non-hydrogen) atoms. The molecule has 2 radical (unpaired) electrons. The fourth-order valence-corrected chi connectivity index (χ4v) is 3.22. The van der Waals surface area contributed by atoms with E-state index in [1.165, 1.54) is 0 Å². The highest BCUT2D eigenvalue weighted by molar-refractivity contribution is 6.08. The molecule has 0 unspecified atom stereocenters. The summed E-state index contributed by atoms with van der Waals surface area (Å²) in [6, 6.07) is 16.1. The Bertz CT molecular complexity index is 1120. The van der Waals surface area contributed by atoms with Crippen LogP contribution >= 0.6 is 0 Å². The van der Waals surface area contributed by atoms with Crippen molar-refractivity contribution in [1.29, 1.82) is 0 Å². The molecular weight excluding hydrogens is 351 g/mol. The number of ether oxygens (including phenoxy) is 1. The molecule has 3 aromatic rings. The average Bonchev–Trinajstić information content (AvgIpc) is 2.72. The third kappa shape index (κ3) is 3.61. The maximum atomic E-state index is 6.18. The molecule has 0 amide bonds. The lowest BCUT2D eigenvalue weighted by molar-refractivity contribution is -0.288. The third-order valence-corrected chi connectivity index (χ3v) is 4.70. The van der Waals surface area contributed by atoms with Gasteiger partial charge in [0.1, 0.15) is 11.0 Å². The number of fused-ring (bicyclic) bond motifs is 4. The smallest absolute Gasteiger partial charge is 0.155 e. The summed E-state index contributed by atoms with van der Waals surface area (Å²) in [5, 5.41) is 3.91. The minimum atomic E-state index is 0.389. The van der Waals surface area contributed by atoms with Crippen LogP contribution in [0.1, 0.15) is 0 Å². The Morgan fingerprint density at radius 2 is 1.82 bits per heavy atom. The fourth-order valence-electron chi connectivity index (χ4n) is 3.22. The monoisotopic (exact) mass is 372 g/mol. The molecule has 0 saturated carbocycles. The Kier molecular flexibility index (Phi) is 5.32. The normalized spacial score (nSPS) is 12.0. The number of anilines is 1. The topological polar surface area (TPSA) is 43.3 Å². The number of likely N-dealkylation sites (N-methyl/N-ethyl adjacent to an activating group) is 1. The van der Waals surface area contributed by atoms with E-state index in [9.17, 15) is 0 Å². The molecule has 0 aliphatic carbocycles. The van der Waals surface area contributed by atoms with E-state index in [0.717, 1.165) is 44.2 Å². The highest BCUT2D eigenvalue weighted by Gasteiger charge is 2.16. The predicted molar refractivity (Wildman–Crippen MR) is 112 cm³/mol. The van der Waals surface area contributed by atoms with Gasteiger partial charge in [0.05, 0.1) is 21.1 Å². The zero-order valence-electron chi connectivity index (χ0n) is 15.9. The highest BCUT2D eigenvalue weighted by Crippen LogP contribution is 2.37. The molecule has 0 spiro atoms. The number of nitrogens with zero attached hydrogens (tertiary/aromatic N) is 2. The minimum Gasteiger partial charge on any atom is -0.453 e. The van der Waals surface area contributed by atoms with Gasteiger partial charge in [0.15, 0.2) is 11.5 Å². The lowest BCUT2D eigenvalue weighted by Gasteiger charge is -2.22. The van der Waals surface area contributed by atoms with Gasteiger partial charge in [-0.3, -0.25) is 0 Å². The van der Waals surface area contributed by atoms with Gasteiger partial charge in [-0.1, -0.05) is 37.2 Å². The van der Waals surface area contributed by atoms with Crippen molar-refractivity contribution in [1.82, 2.24) is 0 Å². The second-order valence-electron chi connectivity index (χ2n) is 6.65. The summed E-state index contributed by atoms with van der Waals surface area (Å²) in [5.41, 5.74) is 1.82. The molecule has 0 aromatic heterocycles. The highest BCUT2D eigenvalue weighted by atomic mass is 17.2. The van der Waals surface area contributed by atoms with Gasteiger partial charge in [0.25, 0.3) is 0 Å². The first kappa shape index (κ1) is 18.5. The Balaban J connectivity index is 1.60. The standard InChI is InChI=1S/C22H21BN2O3/c1-15-13-21-22(18-6-4-3-5-17(15)18)24-19-8-7-16(14-20(19)28-21)25(2)10-12-27-26-11-9-23/h3-8,13-14H,1,9-12H2,2H3. The lowest BCUT2D eigenvalue weighted by atomic mass is 10.1. The quantitative estimate of drug-likeness (QED) is 0.216. The predicted octanol–water partition coefficient (Wildman–Crippen LogP) is 3.28. The molecule has 140 valence electrons. The summed E-state index contributed by atoms with van der Waals surface area (Å²) in [5.74, 6) is 1.46. The summed E-state index contributed by atoms with van der Waals surface area (Å²) >= 11 is 0. The number of hydrogen-bond acceptors (Lipinski definition) is 5. The van der Waals surface area contributed by atoms with Crippen LogP contribution in [0.25, 0.3) is 17.4 Å². The van der Waals surface area contributed by atoms with E-state index < -0.39 is 0 Å². The van der Waals surface area contributed by atoms with Crippen LogP contribution < -0.4 is 20.2 Å². The van der Waals surface area contributed by atoms with Crippen molar-refractivity contribution in [3.05, 3.63) is 59.1 Å². The average molecular weight is 372 g/mol. The van der Waals surface area contributed by atoms with Crippen LogP contribution in [0.5, 0.6) is 11.5 Å². The van der Waals surface area contributed by atoms with E-state index in [1.807, 2.05) is 43.4 Å². The number of benzene rings is 3. The van der Waals surface area contributed by atoms with Crippen LogP contribution in [0.3, 0.4) is 0 Å². The van der Waals surface area contributed by atoms with Crippen molar-refractivity contribution in [2.24, 2.45) is 4.99 Å². The summed E-state index contributed by atoms with van der Waals surface area (Å²) in [4.78, 5) is 17.0. The van der Waals surface area contributed by atoms with Gasteiger partial charge in [0, 0.05) is 30.7 Å². The van der Waals surface area contributed by atoms with E-state index in [4.69, 9.17) is 27.4 Å². The first-order valence-electron chi connectivity index (χ1n) is 9.24. The molecule has 0 bridgehead atoms. The molecule has 3 aromatic carbocycles. The maximum Gasteiger partial charge on any atom is 0.155 e. The largest absolute Gasteiger partial charge is 0.453 e. The van der Waals surface area contributed by atoms with Crippen LogP contribution in [-0.2, 0) is 9.78 Å². The molecule has 4 rings (SSSR count). The van der Waals surface area contributed by atoms with Crippen LogP contribution in [0.15, 0.2) is 53.5 Å². The Morgan fingerprint density at radius 1 is 1.04 bits per heavy atom. The summed E-state index contributed by atoms with van der Waals surface area (Å²) in [7, 11) is 7.35. The van der Waals surface area contributed by atoms with Gasteiger partial charge in [-0.15, -0.1) is 0 Å². The summed E-state index contributed by atoms with van der Waals surface area (Å²) < 4.78 is 6.18. The SMILES string of the molecule is [B]CCOOCCN(C)c1ccc2c(c1)Oc1cc(=C)c3ccccc3c1=N2. The fraction of sp³-hybridized carbons (Fsp3) is 0.227. The molecule has 0 atom stereocenters. The molecule has 0 fully saturated rings. The first-order chi connectivity index (χ1) is 13.7. The Hall–Kier alpha value is -2.83. The van der Waals surface area contributed by atoms with E-state index in [0.29, 0.717) is 26.1 Å². The van der Waals surface area contributed by atoms with E-state index in [1.54, 1.807) is 0 Å². The number of rotatable bonds is 7. The molecule has 1 aliphatic heterocycles.